The fourth-order valence-corrected chi connectivity index (χ4v) is 1.83. The van der Waals surface area contributed by atoms with Gasteiger partial charge in [0.05, 0.1) is 13.1 Å². The normalized spacial score (nSPS) is 11.2. The first-order chi connectivity index (χ1) is 5.46. The molecule has 0 spiro atoms. The number of aromatic nitrogens is 2. The molecule has 1 rings (SSSR count). The molecule has 0 fully saturated rings. The van der Waals surface area contributed by atoms with E-state index in [1.54, 1.807) is 0 Å². The van der Waals surface area contributed by atoms with Crippen LogP contribution in [0.5, 0.6) is 0 Å². The van der Waals surface area contributed by atoms with E-state index in [1.165, 1.54) is 17.2 Å². The van der Waals surface area contributed by atoms with Crippen molar-refractivity contribution in [2.45, 2.75) is 40.7 Å². The van der Waals surface area contributed by atoms with Crippen molar-refractivity contribution in [1.29, 1.82) is 0 Å². The maximum Gasteiger partial charge on any atom is 0.253 e. The lowest BCUT2D eigenvalue weighted by atomic mass is 10.3. The van der Waals surface area contributed by atoms with Crippen molar-refractivity contribution in [3.05, 3.63) is 17.2 Å². The highest BCUT2D eigenvalue weighted by Gasteiger charge is 2.20. The van der Waals surface area contributed by atoms with Gasteiger partial charge in [0.2, 0.25) is 0 Å². The maximum absolute atomic E-state index is 2.37. The van der Waals surface area contributed by atoms with Crippen molar-refractivity contribution in [1.82, 2.24) is 4.57 Å². The van der Waals surface area contributed by atoms with Gasteiger partial charge in [0.15, 0.2) is 0 Å². The molecule has 0 atom stereocenters. The minimum Gasteiger partial charge on any atom is -0.234 e. The molecule has 0 aliphatic carbocycles. The molecule has 0 saturated heterocycles. The number of rotatable bonds is 1. The number of imidazole rings is 1. The Labute approximate surface area is 74.8 Å². The second kappa shape index (κ2) is 2.92. The van der Waals surface area contributed by atoms with Crippen LogP contribution in [-0.2, 0) is 7.05 Å². The molecular weight excluding hydrogens is 148 g/mol. The van der Waals surface area contributed by atoms with E-state index >= 15 is 0 Å². The summed E-state index contributed by atoms with van der Waals surface area (Å²) in [5, 5.41) is 0. The zero-order valence-corrected chi connectivity index (χ0v) is 8.97. The lowest BCUT2D eigenvalue weighted by Gasteiger charge is -2.03. The molecule has 0 saturated carbocycles. The minimum absolute atomic E-state index is 0.560. The average Bonchev–Trinajstić information content (AvgIpc) is 2.16. The smallest absolute Gasteiger partial charge is 0.234 e. The third-order valence-electron chi connectivity index (χ3n) is 2.74. The van der Waals surface area contributed by atoms with E-state index < -0.39 is 0 Å². The van der Waals surface area contributed by atoms with Crippen molar-refractivity contribution in [3.8, 4) is 0 Å². The first-order valence-electron chi connectivity index (χ1n) is 4.50. The summed E-state index contributed by atoms with van der Waals surface area (Å²) in [4.78, 5) is 0. The quantitative estimate of drug-likeness (QED) is 0.564. The molecule has 0 bridgehead atoms. The lowest BCUT2D eigenvalue weighted by molar-refractivity contribution is -0.683. The molecule has 0 aromatic carbocycles. The van der Waals surface area contributed by atoms with Crippen LogP contribution in [0.4, 0.5) is 0 Å². The van der Waals surface area contributed by atoms with Crippen LogP contribution in [0.3, 0.4) is 0 Å². The molecule has 1 heterocycles. The van der Waals surface area contributed by atoms with Crippen LogP contribution in [-0.4, -0.2) is 4.57 Å². The zero-order chi connectivity index (χ0) is 9.46. The van der Waals surface area contributed by atoms with Crippen molar-refractivity contribution in [2.75, 3.05) is 0 Å². The van der Waals surface area contributed by atoms with Crippen molar-refractivity contribution < 1.29 is 4.57 Å². The topological polar surface area (TPSA) is 8.81 Å². The Morgan fingerprint density at radius 3 is 1.83 bits per heavy atom. The van der Waals surface area contributed by atoms with E-state index in [2.05, 4.69) is 50.8 Å². The van der Waals surface area contributed by atoms with Gasteiger partial charge in [-0.1, -0.05) is 0 Å². The minimum atomic E-state index is 0.560. The summed E-state index contributed by atoms with van der Waals surface area (Å²) >= 11 is 0. The highest BCUT2D eigenvalue weighted by atomic mass is 15.2. The van der Waals surface area contributed by atoms with Crippen LogP contribution in [0.1, 0.15) is 37.1 Å². The fraction of sp³-hybridized carbons (Fsp3) is 0.700. The van der Waals surface area contributed by atoms with Crippen LogP contribution in [0.25, 0.3) is 0 Å². The highest BCUT2D eigenvalue weighted by Crippen LogP contribution is 2.13. The molecule has 0 radical (unpaired) electrons. The molecule has 2 nitrogen and oxygen atoms in total. The van der Waals surface area contributed by atoms with E-state index in [-0.39, 0.29) is 0 Å². The Morgan fingerprint density at radius 2 is 1.67 bits per heavy atom. The van der Waals surface area contributed by atoms with Crippen LogP contribution >= 0.6 is 0 Å². The Balaban J connectivity index is 3.38. The Hall–Kier alpha value is -0.790. The monoisotopic (exact) mass is 167 g/mol. The third-order valence-corrected chi connectivity index (χ3v) is 2.74. The molecule has 12 heavy (non-hydrogen) atoms. The van der Waals surface area contributed by atoms with E-state index in [4.69, 9.17) is 0 Å². The second-order valence-electron chi connectivity index (χ2n) is 3.74. The lowest BCUT2D eigenvalue weighted by Crippen LogP contribution is -2.33. The summed E-state index contributed by atoms with van der Waals surface area (Å²) in [6.07, 6.45) is 0. The Kier molecular flexibility index (Phi) is 2.27. The summed E-state index contributed by atoms with van der Waals surface area (Å²) in [7, 11) is 2.12. The highest BCUT2D eigenvalue weighted by molar-refractivity contribution is 5.07. The largest absolute Gasteiger partial charge is 0.253 e. The molecule has 1 aromatic rings. The molecule has 0 aliphatic heterocycles. The first-order valence-corrected chi connectivity index (χ1v) is 4.50. The number of nitrogens with zero attached hydrogens (tertiary/aromatic N) is 2. The van der Waals surface area contributed by atoms with Gasteiger partial charge in [-0.05, 0) is 13.8 Å². The predicted octanol–water partition coefficient (Wildman–Crippen LogP) is 1.82. The summed E-state index contributed by atoms with van der Waals surface area (Å²) in [5.74, 6) is 1.33. The van der Waals surface area contributed by atoms with Crippen LogP contribution in [0.2, 0.25) is 0 Å². The van der Waals surface area contributed by atoms with Crippen LogP contribution in [0, 0.1) is 20.8 Å². The molecule has 68 valence electrons. The van der Waals surface area contributed by atoms with Gasteiger partial charge < -0.3 is 0 Å². The zero-order valence-electron chi connectivity index (χ0n) is 8.97. The van der Waals surface area contributed by atoms with Gasteiger partial charge in [0.1, 0.15) is 11.4 Å². The Morgan fingerprint density at radius 1 is 1.17 bits per heavy atom. The molecule has 0 aliphatic rings. The summed E-state index contributed by atoms with van der Waals surface area (Å²) in [6.45, 7) is 11.0. The van der Waals surface area contributed by atoms with Crippen molar-refractivity contribution in [2.24, 2.45) is 7.05 Å². The summed E-state index contributed by atoms with van der Waals surface area (Å²) in [6, 6.07) is 0.560. The first kappa shape index (κ1) is 9.30. The van der Waals surface area contributed by atoms with E-state index in [0.717, 1.165) is 0 Å². The van der Waals surface area contributed by atoms with Gasteiger partial charge in [0, 0.05) is 20.8 Å². The van der Waals surface area contributed by atoms with Gasteiger partial charge in [-0.25, -0.2) is 9.13 Å². The van der Waals surface area contributed by atoms with Crippen molar-refractivity contribution >= 4 is 0 Å². The maximum atomic E-state index is 2.37. The Bertz CT molecular complexity index is 270. The summed E-state index contributed by atoms with van der Waals surface area (Å²) in [5.41, 5.74) is 2.74. The van der Waals surface area contributed by atoms with E-state index in [9.17, 15) is 0 Å². The summed E-state index contributed by atoms with van der Waals surface area (Å²) < 4.78 is 4.62. The molecule has 0 unspecified atom stereocenters. The fourth-order valence-electron chi connectivity index (χ4n) is 1.83. The van der Waals surface area contributed by atoms with Gasteiger partial charge in [0.25, 0.3) is 5.82 Å². The van der Waals surface area contributed by atoms with E-state index in [0.29, 0.717) is 6.04 Å². The third kappa shape index (κ3) is 1.15. The van der Waals surface area contributed by atoms with Crippen LogP contribution < -0.4 is 4.57 Å². The SMILES string of the molecule is Cc1c(C)[n+](C)c(C)n1C(C)C. The van der Waals surface area contributed by atoms with Gasteiger partial charge in [-0.2, -0.15) is 0 Å². The molecule has 1 aromatic heterocycles. The number of hydrogen-bond donors (Lipinski definition) is 0. The molecular formula is C10H19N2+. The van der Waals surface area contributed by atoms with E-state index in [1.807, 2.05) is 0 Å². The molecule has 2 heteroatoms. The van der Waals surface area contributed by atoms with Crippen molar-refractivity contribution in [3.63, 3.8) is 0 Å². The molecule has 0 N–H and O–H groups in total. The average molecular weight is 167 g/mol. The number of hydrogen-bond acceptors (Lipinski definition) is 0. The van der Waals surface area contributed by atoms with Gasteiger partial charge in [-0.15, -0.1) is 0 Å². The molecule has 0 amide bonds. The van der Waals surface area contributed by atoms with Gasteiger partial charge in [-0.3, -0.25) is 0 Å². The van der Waals surface area contributed by atoms with Crippen LogP contribution in [0.15, 0.2) is 0 Å². The van der Waals surface area contributed by atoms with Gasteiger partial charge >= 0.3 is 0 Å². The second-order valence-corrected chi connectivity index (χ2v) is 3.74. The standard InChI is InChI=1S/C10H19N2/c1-7(2)12-9(4)8(3)11(6)10(12)5/h7H,1-6H3/q+1. The predicted molar refractivity (Wildman–Crippen MR) is 50.2 cm³/mol.